The molecule has 0 radical (unpaired) electrons. The molecule has 118 valence electrons. The molecule has 22 heavy (non-hydrogen) atoms. The van der Waals surface area contributed by atoms with Crippen LogP contribution in [0.4, 0.5) is 0 Å². The molecule has 1 aromatic heterocycles. The summed E-state index contributed by atoms with van der Waals surface area (Å²) in [7, 11) is 0. The molecule has 0 spiro atoms. The predicted octanol–water partition coefficient (Wildman–Crippen LogP) is 2.48. The lowest BCUT2D eigenvalue weighted by molar-refractivity contribution is 0.0905. The number of para-hydroxylation sites is 2. The predicted molar refractivity (Wildman–Crippen MR) is 86.2 cm³/mol. The van der Waals surface area contributed by atoms with E-state index in [1.165, 1.54) is 0 Å². The number of nitrogens with zero attached hydrogens (tertiary/aromatic N) is 1. The van der Waals surface area contributed by atoms with Gasteiger partial charge in [0.25, 0.3) is 5.89 Å². The third-order valence-corrected chi connectivity index (χ3v) is 3.46. The number of carbonyl (C=O) groups is 1. The van der Waals surface area contributed by atoms with E-state index in [4.69, 9.17) is 15.6 Å². The summed E-state index contributed by atoms with van der Waals surface area (Å²) in [4.78, 5) is 16.8. The van der Waals surface area contributed by atoms with Gasteiger partial charge in [0.05, 0.1) is 11.9 Å². The van der Waals surface area contributed by atoms with Crippen molar-refractivity contribution in [2.75, 3.05) is 6.54 Å². The molecule has 4 N–H and O–H groups in total. The number of amidine groups is 1. The number of aromatic nitrogens is 1. The summed E-state index contributed by atoms with van der Waals surface area (Å²) >= 11 is 0. The van der Waals surface area contributed by atoms with Crippen molar-refractivity contribution in [2.24, 2.45) is 5.73 Å². The maximum atomic E-state index is 12.5. The fourth-order valence-electron chi connectivity index (χ4n) is 2.36. The third-order valence-electron chi connectivity index (χ3n) is 3.46. The number of ketones is 1. The van der Waals surface area contributed by atoms with Crippen LogP contribution in [0.1, 0.15) is 43.3 Å². The van der Waals surface area contributed by atoms with Gasteiger partial charge >= 0.3 is 0 Å². The Hall–Kier alpha value is -2.21. The summed E-state index contributed by atoms with van der Waals surface area (Å²) in [5, 5.41) is 10.4. The molecule has 6 nitrogen and oxygen atoms in total. The summed E-state index contributed by atoms with van der Waals surface area (Å²) in [5.41, 5.74) is 6.65. The van der Waals surface area contributed by atoms with E-state index in [9.17, 15) is 4.79 Å². The van der Waals surface area contributed by atoms with E-state index < -0.39 is 0 Å². The fourth-order valence-corrected chi connectivity index (χ4v) is 2.36. The molecule has 1 heterocycles. The Bertz CT molecular complexity index is 617. The van der Waals surface area contributed by atoms with Gasteiger partial charge in [-0.05, 0) is 31.5 Å². The number of likely N-dealkylation sites (N-methyl/N-ethyl adjacent to an activating group) is 1. The monoisotopic (exact) mass is 302 g/mol. The number of unbranched alkanes of at least 4 members (excludes halogenated alkanes) is 1. The first kappa shape index (κ1) is 16.2. The van der Waals surface area contributed by atoms with E-state index >= 15 is 0 Å². The largest absolute Gasteiger partial charge is 0.434 e. The standard InChI is InChI=1S/C16H22N4O2/c1-2-19-12(8-4-6-10-14(17)18)15(21)16-20-11-7-3-5-9-13(11)22-16/h3,5,7,9,12,19H,2,4,6,8,10H2,1H3,(H3,17,18). The van der Waals surface area contributed by atoms with Crippen molar-refractivity contribution in [2.45, 2.75) is 38.6 Å². The topological polar surface area (TPSA) is 105 Å². The highest BCUT2D eigenvalue weighted by Gasteiger charge is 2.23. The normalized spacial score (nSPS) is 12.4. The highest BCUT2D eigenvalue weighted by molar-refractivity contribution is 5.98. The molecule has 2 aromatic rings. The molecule has 6 heteroatoms. The van der Waals surface area contributed by atoms with Crippen molar-refractivity contribution >= 4 is 22.7 Å². The zero-order chi connectivity index (χ0) is 15.9. The molecule has 0 saturated carbocycles. The lowest BCUT2D eigenvalue weighted by Gasteiger charge is -2.14. The maximum Gasteiger partial charge on any atom is 0.265 e. The SMILES string of the molecule is CCNC(CCCCC(=N)N)C(=O)c1nc2ccccc2o1. The number of nitrogens with two attached hydrogens (primary N) is 1. The van der Waals surface area contributed by atoms with Gasteiger partial charge in [-0.25, -0.2) is 4.98 Å². The number of rotatable bonds is 9. The van der Waals surface area contributed by atoms with Crippen LogP contribution >= 0.6 is 0 Å². The first-order valence-corrected chi connectivity index (χ1v) is 7.58. The summed E-state index contributed by atoms with van der Waals surface area (Å²) in [5.74, 6) is 0.213. The van der Waals surface area contributed by atoms with E-state index in [-0.39, 0.29) is 23.6 Å². The summed E-state index contributed by atoms with van der Waals surface area (Å²) in [6.07, 6.45) is 2.87. The molecule has 0 fully saturated rings. The quantitative estimate of drug-likeness (QED) is 0.286. The molecule has 1 unspecified atom stereocenters. The lowest BCUT2D eigenvalue weighted by atomic mass is 10.0. The summed E-state index contributed by atoms with van der Waals surface area (Å²) in [6.45, 7) is 2.66. The number of carbonyl (C=O) groups excluding carboxylic acids is 1. The maximum absolute atomic E-state index is 12.5. The van der Waals surface area contributed by atoms with Crippen molar-refractivity contribution in [3.63, 3.8) is 0 Å². The Morgan fingerprint density at radius 3 is 2.86 bits per heavy atom. The van der Waals surface area contributed by atoms with E-state index in [1.54, 1.807) is 6.07 Å². The van der Waals surface area contributed by atoms with E-state index in [0.29, 0.717) is 30.5 Å². The van der Waals surface area contributed by atoms with Gasteiger partial charge in [-0.2, -0.15) is 0 Å². The Kier molecular flexibility index (Phi) is 5.66. The Balaban J connectivity index is 2.03. The number of hydrogen-bond donors (Lipinski definition) is 3. The molecule has 1 aromatic carbocycles. The zero-order valence-corrected chi connectivity index (χ0v) is 12.8. The number of oxazole rings is 1. The zero-order valence-electron chi connectivity index (χ0n) is 12.8. The molecule has 0 amide bonds. The highest BCUT2D eigenvalue weighted by Crippen LogP contribution is 2.17. The van der Waals surface area contributed by atoms with Crippen molar-refractivity contribution < 1.29 is 9.21 Å². The fraction of sp³-hybridized carbons (Fsp3) is 0.438. The van der Waals surface area contributed by atoms with Gasteiger partial charge in [0.15, 0.2) is 5.58 Å². The average Bonchev–Trinajstić information content (AvgIpc) is 2.93. The van der Waals surface area contributed by atoms with Crippen LogP contribution < -0.4 is 11.1 Å². The number of fused-ring (bicyclic) bond motifs is 1. The van der Waals surface area contributed by atoms with Gasteiger partial charge in [0, 0.05) is 6.42 Å². The van der Waals surface area contributed by atoms with Crippen LogP contribution in [0.25, 0.3) is 11.1 Å². The van der Waals surface area contributed by atoms with Crippen molar-refractivity contribution in [3.8, 4) is 0 Å². The first-order chi connectivity index (χ1) is 10.6. The number of hydrogen-bond acceptors (Lipinski definition) is 5. The van der Waals surface area contributed by atoms with E-state index in [0.717, 1.165) is 12.8 Å². The van der Waals surface area contributed by atoms with Crippen LogP contribution in [-0.2, 0) is 0 Å². The van der Waals surface area contributed by atoms with Gasteiger partial charge in [0.1, 0.15) is 5.52 Å². The second-order valence-electron chi connectivity index (χ2n) is 5.23. The number of benzene rings is 1. The minimum absolute atomic E-state index is 0.124. The van der Waals surface area contributed by atoms with Crippen molar-refractivity contribution in [3.05, 3.63) is 30.2 Å². The van der Waals surface area contributed by atoms with Crippen molar-refractivity contribution in [1.82, 2.24) is 10.3 Å². The second kappa shape index (κ2) is 7.70. The van der Waals surface area contributed by atoms with Crippen LogP contribution in [0, 0.1) is 5.41 Å². The first-order valence-electron chi connectivity index (χ1n) is 7.58. The van der Waals surface area contributed by atoms with Crippen molar-refractivity contribution in [1.29, 1.82) is 5.41 Å². The smallest absolute Gasteiger partial charge is 0.265 e. The van der Waals surface area contributed by atoms with Gasteiger partial charge in [-0.3, -0.25) is 10.2 Å². The van der Waals surface area contributed by atoms with Gasteiger partial charge in [0.2, 0.25) is 5.78 Å². The van der Waals surface area contributed by atoms with Crippen LogP contribution in [0.5, 0.6) is 0 Å². The Morgan fingerprint density at radius 1 is 1.41 bits per heavy atom. The molecular formula is C16H22N4O2. The highest BCUT2D eigenvalue weighted by atomic mass is 16.4. The third kappa shape index (κ3) is 4.14. The van der Waals surface area contributed by atoms with Crippen LogP contribution in [0.2, 0.25) is 0 Å². The van der Waals surface area contributed by atoms with Crippen LogP contribution in [0.15, 0.2) is 28.7 Å². The van der Waals surface area contributed by atoms with Gasteiger partial charge in [-0.1, -0.05) is 25.5 Å². The molecule has 2 rings (SSSR count). The Labute approximate surface area is 129 Å². The van der Waals surface area contributed by atoms with E-state index in [2.05, 4.69) is 10.3 Å². The molecule has 1 atom stereocenters. The van der Waals surface area contributed by atoms with E-state index in [1.807, 2.05) is 25.1 Å². The van der Waals surface area contributed by atoms with Gasteiger partial charge in [-0.15, -0.1) is 0 Å². The van der Waals surface area contributed by atoms with Gasteiger partial charge < -0.3 is 15.5 Å². The molecular weight excluding hydrogens is 280 g/mol. The number of nitrogens with one attached hydrogen (secondary N) is 2. The molecule has 0 aliphatic carbocycles. The Morgan fingerprint density at radius 2 is 2.18 bits per heavy atom. The minimum atomic E-state index is -0.315. The number of Topliss-reactive ketones (excluding diaryl/α,β-unsaturated/α-hetero) is 1. The summed E-state index contributed by atoms with van der Waals surface area (Å²) < 4.78 is 5.55. The molecule has 0 aliphatic heterocycles. The molecule has 0 bridgehead atoms. The molecule has 0 saturated heterocycles. The molecule has 0 aliphatic rings. The minimum Gasteiger partial charge on any atom is -0.434 e. The van der Waals surface area contributed by atoms with Crippen LogP contribution in [-0.4, -0.2) is 29.2 Å². The lowest BCUT2D eigenvalue weighted by Crippen LogP contribution is -2.36. The summed E-state index contributed by atoms with van der Waals surface area (Å²) in [6, 6.07) is 7.03. The van der Waals surface area contributed by atoms with Crippen LogP contribution in [0.3, 0.4) is 0 Å². The average molecular weight is 302 g/mol. The second-order valence-corrected chi connectivity index (χ2v) is 5.23.